The first-order valence-corrected chi connectivity index (χ1v) is 9.44. The number of hydrogen-bond acceptors (Lipinski definition) is 5. The number of carbonyl (C=O) groups excluding carboxylic acids is 2. The Bertz CT molecular complexity index is 877. The van der Waals surface area contributed by atoms with Crippen LogP contribution in [0.2, 0.25) is 0 Å². The van der Waals surface area contributed by atoms with Crippen LogP contribution < -0.4 is 14.8 Å². The van der Waals surface area contributed by atoms with Crippen molar-refractivity contribution in [2.75, 3.05) is 20.8 Å². The van der Waals surface area contributed by atoms with Gasteiger partial charge in [-0.15, -0.1) is 0 Å². The van der Waals surface area contributed by atoms with Crippen molar-refractivity contribution < 1.29 is 23.5 Å². The van der Waals surface area contributed by atoms with Crippen LogP contribution in [-0.2, 0) is 22.6 Å². The van der Waals surface area contributed by atoms with Gasteiger partial charge in [-0.3, -0.25) is 9.59 Å². The molecule has 0 unspecified atom stereocenters. The van der Waals surface area contributed by atoms with Crippen molar-refractivity contribution in [1.82, 2.24) is 10.2 Å². The van der Waals surface area contributed by atoms with Gasteiger partial charge < -0.3 is 24.1 Å². The molecule has 2 aliphatic rings. The fourth-order valence-corrected chi connectivity index (χ4v) is 4.06. The largest absolute Gasteiger partial charge is 0.493 e. The fourth-order valence-electron chi connectivity index (χ4n) is 4.06. The Morgan fingerprint density at radius 1 is 1.29 bits per heavy atom. The molecule has 0 saturated carbocycles. The molecule has 7 nitrogen and oxygen atoms in total. The summed E-state index contributed by atoms with van der Waals surface area (Å²) in [4.78, 5) is 26.8. The molecule has 1 saturated heterocycles. The van der Waals surface area contributed by atoms with Crippen LogP contribution in [0.3, 0.4) is 0 Å². The zero-order valence-electron chi connectivity index (χ0n) is 16.1. The minimum Gasteiger partial charge on any atom is -0.493 e. The number of nitrogens with zero attached hydrogens (tertiary/aromatic N) is 1. The molecule has 148 valence electrons. The number of furan rings is 1. The van der Waals surface area contributed by atoms with Gasteiger partial charge in [-0.25, -0.2) is 0 Å². The molecule has 7 heteroatoms. The number of nitrogens with one attached hydrogen (secondary N) is 1. The highest BCUT2D eigenvalue weighted by Gasteiger charge is 2.36. The summed E-state index contributed by atoms with van der Waals surface area (Å²) in [5, 5.41) is 3.13. The summed E-state index contributed by atoms with van der Waals surface area (Å²) in [5.41, 5.74) is 2.22. The van der Waals surface area contributed by atoms with Crippen molar-refractivity contribution in [3.05, 3.63) is 47.4 Å². The molecule has 0 spiro atoms. The lowest BCUT2D eigenvalue weighted by Gasteiger charge is -2.19. The zero-order valence-corrected chi connectivity index (χ0v) is 16.1. The Balaban J connectivity index is 1.42. The number of fused-ring (bicyclic) bond motifs is 1. The van der Waals surface area contributed by atoms with Gasteiger partial charge in [0.05, 0.1) is 39.0 Å². The topological polar surface area (TPSA) is 81.0 Å². The molecule has 2 aromatic rings. The van der Waals surface area contributed by atoms with E-state index >= 15 is 0 Å². The van der Waals surface area contributed by atoms with E-state index in [9.17, 15) is 9.59 Å². The van der Waals surface area contributed by atoms with E-state index in [0.29, 0.717) is 24.6 Å². The van der Waals surface area contributed by atoms with Crippen molar-refractivity contribution in [3.8, 4) is 11.5 Å². The maximum absolute atomic E-state index is 12.8. The highest BCUT2D eigenvalue weighted by Crippen LogP contribution is 2.39. The molecule has 4 rings (SSSR count). The van der Waals surface area contributed by atoms with Crippen molar-refractivity contribution in [2.24, 2.45) is 5.92 Å². The van der Waals surface area contributed by atoms with Crippen LogP contribution in [0.1, 0.15) is 35.8 Å². The van der Waals surface area contributed by atoms with E-state index in [-0.39, 0.29) is 30.2 Å². The first-order valence-electron chi connectivity index (χ1n) is 9.44. The third-order valence-corrected chi connectivity index (χ3v) is 5.55. The average molecular weight is 384 g/mol. The van der Waals surface area contributed by atoms with Crippen LogP contribution in [0.5, 0.6) is 11.5 Å². The number of ether oxygens (including phenoxy) is 2. The van der Waals surface area contributed by atoms with Crippen LogP contribution in [0.25, 0.3) is 0 Å². The molecule has 1 aliphatic carbocycles. The maximum atomic E-state index is 12.8. The standard InChI is InChI=1S/C21H24N2O5/c1-26-18-8-13-5-6-17(16(13)10-19(18)27-2)22-21(25)14-9-20(24)23(11-14)12-15-4-3-7-28-15/h3-4,7-8,10,14,17H,5-6,9,11-12H2,1-2H3,(H,22,25)/t14-,17-/m1/s1. The number of aryl methyl sites for hydroxylation is 1. The second-order valence-electron chi connectivity index (χ2n) is 7.26. The number of benzene rings is 1. The lowest BCUT2D eigenvalue weighted by Crippen LogP contribution is -2.34. The smallest absolute Gasteiger partial charge is 0.225 e. The van der Waals surface area contributed by atoms with Crippen LogP contribution >= 0.6 is 0 Å². The molecular formula is C21H24N2O5. The van der Waals surface area contributed by atoms with Crippen LogP contribution in [0.4, 0.5) is 0 Å². The van der Waals surface area contributed by atoms with Gasteiger partial charge in [-0.05, 0) is 48.2 Å². The summed E-state index contributed by atoms with van der Waals surface area (Å²) < 4.78 is 16.1. The molecule has 28 heavy (non-hydrogen) atoms. The van der Waals surface area contributed by atoms with E-state index in [1.807, 2.05) is 18.2 Å². The molecule has 0 bridgehead atoms. The second kappa shape index (κ2) is 7.58. The minimum absolute atomic E-state index is 0.0187. The lowest BCUT2D eigenvalue weighted by atomic mass is 10.0. The summed E-state index contributed by atoms with van der Waals surface area (Å²) >= 11 is 0. The summed E-state index contributed by atoms with van der Waals surface area (Å²) in [6, 6.07) is 7.47. The normalized spacial score (nSPS) is 20.9. The van der Waals surface area contributed by atoms with Gasteiger partial charge in [0.25, 0.3) is 0 Å². The molecule has 2 heterocycles. The van der Waals surface area contributed by atoms with Crippen molar-refractivity contribution in [3.63, 3.8) is 0 Å². The molecule has 1 fully saturated rings. The van der Waals surface area contributed by atoms with Crippen LogP contribution in [0, 0.1) is 5.92 Å². The SMILES string of the molecule is COc1cc2c(cc1OC)[C@H](NC(=O)[C@@H]1CC(=O)N(Cc3ccco3)C1)CC2. The van der Waals surface area contributed by atoms with Gasteiger partial charge in [-0.2, -0.15) is 0 Å². The van der Waals surface area contributed by atoms with Gasteiger partial charge in [-0.1, -0.05) is 0 Å². The number of carbonyl (C=O) groups is 2. The lowest BCUT2D eigenvalue weighted by molar-refractivity contribution is -0.129. The van der Waals surface area contributed by atoms with E-state index in [1.165, 1.54) is 0 Å². The molecular weight excluding hydrogens is 360 g/mol. The molecule has 2 amide bonds. The number of likely N-dealkylation sites (tertiary alicyclic amines) is 1. The fraction of sp³-hybridized carbons (Fsp3) is 0.429. The molecule has 2 atom stereocenters. The van der Waals surface area contributed by atoms with Gasteiger partial charge >= 0.3 is 0 Å². The van der Waals surface area contributed by atoms with Gasteiger partial charge in [0, 0.05) is 13.0 Å². The predicted molar refractivity (Wildman–Crippen MR) is 101 cm³/mol. The number of rotatable bonds is 6. The predicted octanol–water partition coefficient (Wildman–Crippen LogP) is 2.45. The minimum atomic E-state index is -0.341. The van der Waals surface area contributed by atoms with E-state index in [1.54, 1.807) is 31.4 Å². The van der Waals surface area contributed by atoms with Gasteiger partial charge in [0.15, 0.2) is 11.5 Å². The number of amides is 2. The Hall–Kier alpha value is -2.96. The Labute approximate surface area is 163 Å². The highest BCUT2D eigenvalue weighted by atomic mass is 16.5. The van der Waals surface area contributed by atoms with Crippen molar-refractivity contribution in [1.29, 1.82) is 0 Å². The Morgan fingerprint density at radius 2 is 2.07 bits per heavy atom. The van der Waals surface area contributed by atoms with E-state index < -0.39 is 0 Å². The highest BCUT2D eigenvalue weighted by molar-refractivity contribution is 5.89. The van der Waals surface area contributed by atoms with E-state index in [4.69, 9.17) is 13.9 Å². The Morgan fingerprint density at radius 3 is 2.79 bits per heavy atom. The van der Waals surface area contributed by atoms with Crippen LogP contribution in [-0.4, -0.2) is 37.5 Å². The van der Waals surface area contributed by atoms with Crippen molar-refractivity contribution >= 4 is 11.8 Å². The van der Waals surface area contributed by atoms with Gasteiger partial charge in [0.1, 0.15) is 5.76 Å². The molecule has 1 N–H and O–H groups in total. The number of methoxy groups -OCH3 is 2. The zero-order chi connectivity index (χ0) is 19.7. The van der Waals surface area contributed by atoms with Crippen LogP contribution in [0.15, 0.2) is 34.9 Å². The van der Waals surface area contributed by atoms with E-state index in [2.05, 4.69) is 5.32 Å². The third kappa shape index (κ3) is 3.44. The van der Waals surface area contributed by atoms with Gasteiger partial charge in [0.2, 0.25) is 11.8 Å². The second-order valence-corrected chi connectivity index (χ2v) is 7.26. The quantitative estimate of drug-likeness (QED) is 0.827. The summed E-state index contributed by atoms with van der Waals surface area (Å²) in [7, 11) is 3.22. The number of hydrogen-bond donors (Lipinski definition) is 1. The molecule has 0 radical (unpaired) electrons. The maximum Gasteiger partial charge on any atom is 0.225 e. The van der Waals surface area contributed by atoms with E-state index in [0.717, 1.165) is 29.7 Å². The molecule has 1 aromatic heterocycles. The molecule has 1 aromatic carbocycles. The summed E-state index contributed by atoms with van der Waals surface area (Å²) in [5.74, 6) is 1.63. The first kappa shape index (κ1) is 18.4. The summed E-state index contributed by atoms with van der Waals surface area (Å²) in [6.07, 6.45) is 3.52. The summed E-state index contributed by atoms with van der Waals surface area (Å²) in [6.45, 7) is 0.815. The monoisotopic (exact) mass is 384 g/mol. The third-order valence-electron chi connectivity index (χ3n) is 5.55. The average Bonchev–Trinajstić information content (AvgIpc) is 3.43. The first-order chi connectivity index (χ1) is 13.6. The Kier molecular flexibility index (Phi) is 4.98. The van der Waals surface area contributed by atoms with Crippen molar-refractivity contribution in [2.45, 2.75) is 31.8 Å². The molecule has 1 aliphatic heterocycles.